The second kappa shape index (κ2) is 7.88. The molecule has 1 aliphatic rings. The predicted molar refractivity (Wildman–Crippen MR) is 95.6 cm³/mol. The molecule has 0 radical (unpaired) electrons. The first-order valence-corrected chi connectivity index (χ1v) is 8.93. The molecule has 0 aromatic heterocycles. The molecule has 11 heteroatoms. The molecule has 1 aliphatic heterocycles. The standard InChI is InChI=1S/C20H16F6N2O3/c1-11(12-7-14(19(21,22)23)9-15(8-12)20(24,25)26)31-10-18(13-5-3-2-4-6-13)16(29)27-17(30)28-18/h2-9,11H,10H2,1H3,(H2,27,28,29,30)/t11-,18-/m1/s1. The highest BCUT2D eigenvalue weighted by Gasteiger charge is 2.48. The third-order valence-electron chi connectivity index (χ3n) is 4.84. The van der Waals surface area contributed by atoms with E-state index in [9.17, 15) is 35.9 Å². The molecule has 0 aliphatic carbocycles. The monoisotopic (exact) mass is 446 g/mol. The normalized spacial score (nSPS) is 20.4. The third kappa shape index (κ3) is 4.66. The van der Waals surface area contributed by atoms with Crippen LogP contribution in [-0.2, 0) is 27.4 Å². The zero-order valence-corrected chi connectivity index (χ0v) is 15.9. The Morgan fingerprint density at radius 3 is 1.94 bits per heavy atom. The highest BCUT2D eigenvalue weighted by atomic mass is 19.4. The number of hydrogen-bond donors (Lipinski definition) is 2. The van der Waals surface area contributed by atoms with E-state index in [0.29, 0.717) is 17.7 Å². The average Bonchev–Trinajstić information content (AvgIpc) is 2.99. The second-order valence-electron chi connectivity index (χ2n) is 6.97. The number of carbonyl (C=O) groups excluding carboxylic acids is 2. The summed E-state index contributed by atoms with van der Waals surface area (Å²) in [5.74, 6) is -0.754. The van der Waals surface area contributed by atoms with Crippen molar-refractivity contribution in [3.05, 3.63) is 70.8 Å². The highest BCUT2D eigenvalue weighted by molar-refractivity contribution is 6.07. The van der Waals surface area contributed by atoms with Crippen molar-refractivity contribution >= 4 is 11.9 Å². The van der Waals surface area contributed by atoms with Gasteiger partial charge in [0, 0.05) is 0 Å². The molecule has 0 bridgehead atoms. The van der Waals surface area contributed by atoms with Crippen LogP contribution in [0.25, 0.3) is 0 Å². The van der Waals surface area contributed by atoms with Gasteiger partial charge in [0.15, 0.2) is 5.54 Å². The fourth-order valence-corrected chi connectivity index (χ4v) is 3.16. The van der Waals surface area contributed by atoms with Gasteiger partial charge in [-0.3, -0.25) is 10.1 Å². The number of hydrogen-bond acceptors (Lipinski definition) is 3. The summed E-state index contributed by atoms with van der Waals surface area (Å²) in [6.45, 7) is 0.733. The lowest BCUT2D eigenvalue weighted by molar-refractivity contribution is -0.143. The van der Waals surface area contributed by atoms with Gasteiger partial charge in [0.25, 0.3) is 5.91 Å². The van der Waals surface area contributed by atoms with Crippen molar-refractivity contribution in [3.8, 4) is 0 Å². The molecule has 31 heavy (non-hydrogen) atoms. The smallest absolute Gasteiger partial charge is 0.370 e. The Morgan fingerprint density at radius 2 is 1.48 bits per heavy atom. The van der Waals surface area contributed by atoms with Gasteiger partial charge in [0.05, 0.1) is 23.8 Å². The van der Waals surface area contributed by atoms with Gasteiger partial charge in [0.1, 0.15) is 0 Å². The van der Waals surface area contributed by atoms with Gasteiger partial charge in [-0.2, -0.15) is 26.3 Å². The lowest BCUT2D eigenvalue weighted by Crippen LogP contribution is -2.48. The Bertz CT molecular complexity index is 958. The maximum atomic E-state index is 13.1. The summed E-state index contributed by atoms with van der Waals surface area (Å²) in [6, 6.07) is 8.26. The van der Waals surface area contributed by atoms with Crippen molar-refractivity contribution in [3.63, 3.8) is 0 Å². The first-order chi connectivity index (χ1) is 14.3. The summed E-state index contributed by atoms with van der Waals surface area (Å²) >= 11 is 0. The van der Waals surface area contributed by atoms with Gasteiger partial charge in [-0.15, -0.1) is 0 Å². The number of halogens is 6. The largest absolute Gasteiger partial charge is 0.416 e. The van der Waals surface area contributed by atoms with Gasteiger partial charge < -0.3 is 10.1 Å². The van der Waals surface area contributed by atoms with Crippen LogP contribution in [0.4, 0.5) is 31.1 Å². The van der Waals surface area contributed by atoms with Crippen LogP contribution in [0.2, 0.25) is 0 Å². The molecule has 2 aromatic carbocycles. The molecule has 0 unspecified atom stereocenters. The molecule has 2 N–H and O–H groups in total. The predicted octanol–water partition coefficient (Wildman–Crippen LogP) is 4.54. The summed E-state index contributed by atoms with van der Waals surface area (Å²) < 4.78 is 84.1. The maximum Gasteiger partial charge on any atom is 0.416 e. The topological polar surface area (TPSA) is 67.4 Å². The van der Waals surface area contributed by atoms with Crippen molar-refractivity contribution in [2.45, 2.75) is 30.9 Å². The zero-order valence-electron chi connectivity index (χ0n) is 15.9. The van der Waals surface area contributed by atoms with Gasteiger partial charge in [-0.25, -0.2) is 4.79 Å². The van der Waals surface area contributed by atoms with E-state index in [0.717, 1.165) is 0 Å². The van der Waals surface area contributed by atoms with Crippen LogP contribution >= 0.6 is 0 Å². The maximum absolute atomic E-state index is 13.1. The van der Waals surface area contributed by atoms with Crippen LogP contribution in [0.15, 0.2) is 48.5 Å². The van der Waals surface area contributed by atoms with Crippen LogP contribution in [-0.4, -0.2) is 18.5 Å². The van der Waals surface area contributed by atoms with Crippen LogP contribution in [0.3, 0.4) is 0 Å². The Kier molecular flexibility index (Phi) is 5.74. The molecule has 3 rings (SSSR count). The van der Waals surface area contributed by atoms with Gasteiger partial charge in [-0.05, 0) is 36.2 Å². The van der Waals surface area contributed by atoms with Gasteiger partial charge in [0.2, 0.25) is 0 Å². The minimum Gasteiger partial charge on any atom is -0.370 e. The molecule has 2 aromatic rings. The Balaban J connectivity index is 1.92. The number of benzene rings is 2. The molecule has 0 saturated carbocycles. The van der Waals surface area contributed by atoms with E-state index in [1.165, 1.54) is 19.1 Å². The van der Waals surface area contributed by atoms with Crippen molar-refractivity contribution in [2.24, 2.45) is 0 Å². The van der Waals surface area contributed by atoms with E-state index in [2.05, 4.69) is 10.6 Å². The molecule has 1 fully saturated rings. The number of rotatable bonds is 5. The summed E-state index contributed by atoms with van der Waals surface area (Å²) in [5, 5.41) is 4.49. The van der Waals surface area contributed by atoms with Crippen LogP contribution in [0.5, 0.6) is 0 Å². The fourth-order valence-electron chi connectivity index (χ4n) is 3.16. The van der Waals surface area contributed by atoms with Crippen LogP contribution in [0.1, 0.15) is 35.3 Å². The lowest BCUT2D eigenvalue weighted by atomic mass is 9.90. The second-order valence-corrected chi connectivity index (χ2v) is 6.97. The van der Waals surface area contributed by atoms with Crippen molar-refractivity contribution < 1.29 is 40.7 Å². The summed E-state index contributed by atoms with van der Waals surface area (Å²) in [4.78, 5) is 24.2. The van der Waals surface area contributed by atoms with E-state index < -0.39 is 53.7 Å². The van der Waals surface area contributed by atoms with E-state index in [1.54, 1.807) is 18.2 Å². The summed E-state index contributed by atoms with van der Waals surface area (Å²) in [5.41, 5.74) is -4.67. The summed E-state index contributed by atoms with van der Waals surface area (Å²) in [6.07, 6.45) is -11.3. The minimum atomic E-state index is -5.00. The first-order valence-electron chi connectivity index (χ1n) is 8.93. The Labute approximate surface area is 172 Å². The first kappa shape index (κ1) is 22.6. The number of ether oxygens (including phenoxy) is 1. The van der Waals surface area contributed by atoms with E-state index in [4.69, 9.17) is 4.74 Å². The van der Waals surface area contributed by atoms with E-state index in [1.807, 2.05) is 0 Å². The molecule has 2 atom stereocenters. The van der Waals surface area contributed by atoms with Crippen molar-refractivity contribution in [1.29, 1.82) is 0 Å². The molecular formula is C20H16F6N2O3. The number of urea groups is 1. The van der Waals surface area contributed by atoms with Crippen LogP contribution < -0.4 is 10.6 Å². The fraction of sp³-hybridized carbons (Fsp3) is 0.300. The lowest BCUT2D eigenvalue weighted by Gasteiger charge is -2.28. The van der Waals surface area contributed by atoms with E-state index in [-0.39, 0.29) is 11.6 Å². The molecule has 3 amide bonds. The van der Waals surface area contributed by atoms with Crippen LogP contribution in [0, 0.1) is 0 Å². The van der Waals surface area contributed by atoms with Crippen molar-refractivity contribution in [1.82, 2.24) is 10.6 Å². The minimum absolute atomic E-state index is 0.0202. The Hall–Kier alpha value is -3.08. The molecular weight excluding hydrogens is 430 g/mol. The number of alkyl halides is 6. The van der Waals surface area contributed by atoms with Gasteiger partial charge >= 0.3 is 18.4 Å². The third-order valence-corrected chi connectivity index (χ3v) is 4.84. The zero-order chi connectivity index (χ0) is 23.0. The molecule has 1 heterocycles. The number of nitrogens with one attached hydrogen (secondary N) is 2. The molecule has 0 spiro atoms. The number of amides is 3. The highest BCUT2D eigenvalue weighted by Crippen LogP contribution is 2.38. The molecule has 166 valence electrons. The molecule has 1 saturated heterocycles. The van der Waals surface area contributed by atoms with Gasteiger partial charge in [-0.1, -0.05) is 30.3 Å². The van der Waals surface area contributed by atoms with Crippen molar-refractivity contribution in [2.75, 3.05) is 6.61 Å². The molecule has 5 nitrogen and oxygen atoms in total. The SMILES string of the molecule is C[C@@H](OC[C@]1(c2ccccc2)NC(=O)NC1=O)c1cc(C(F)(F)F)cc(C(F)(F)F)c1. The Morgan fingerprint density at radius 1 is 0.935 bits per heavy atom. The summed E-state index contributed by atoms with van der Waals surface area (Å²) in [7, 11) is 0. The quantitative estimate of drug-likeness (QED) is 0.524. The van der Waals surface area contributed by atoms with E-state index >= 15 is 0 Å². The number of carbonyl (C=O) groups is 2. The number of imide groups is 1. The average molecular weight is 446 g/mol.